The summed E-state index contributed by atoms with van der Waals surface area (Å²) in [5, 5.41) is 3.98. The van der Waals surface area contributed by atoms with Crippen LogP contribution < -0.4 is 11.1 Å². The molecule has 3 nitrogen and oxygen atoms in total. The standard InChI is InChI=1S/C16H15BrClN3/c17-12-5-1-10(2-6-12)14-9-15(21-16(19)20-14)11-3-7-13(18)8-4-11/h1-8,14-15H,9H2,(H3,19,20,21). The molecule has 2 aromatic carbocycles. The van der Waals surface area contributed by atoms with Crippen LogP contribution in [0.3, 0.4) is 0 Å². The van der Waals surface area contributed by atoms with Gasteiger partial charge in [-0.15, -0.1) is 0 Å². The first kappa shape index (κ1) is 14.4. The number of halogens is 2. The number of aliphatic imine (C=N–C) groups is 1. The van der Waals surface area contributed by atoms with Crippen molar-refractivity contribution in [1.82, 2.24) is 5.32 Å². The highest BCUT2D eigenvalue weighted by Gasteiger charge is 2.24. The predicted octanol–water partition coefficient (Wildman–Crippen LogP) is 4.19. The Morgan fingerprint density at radius 3 is 2.33 bits per heavy atom. The van der Waals surface area contributed by atoms with Gasteiger partial charge in [0.15, 0.2) is 5.96 Å². The van der Waals surface area contributed by atoms with Crippen molar-refractivity contribution in [3.63, 3.8) is 0 Å². The number of hydrogen-bond donors (Lipinski definition) is 2. The third-order valence-corrected chi connectivity index (χ3v) is 4.38. The second kappa shape index (κ2) is 6.08. The van der Waals surface area contributed by atoms with Gasteiger partial charge in [-0.3, -0.25) is 0 Å². The molecule has 108 valence electrons. The van der Waals surface area contributed by atoms with Gasteiger partial charge in [-0.25, -0.2) is 4.99 Å². The van der Waals surface area contributed by atoms with Gasteiger partial charge in [0, 0.05) is 9.50 Å². The van der Waals surface area contributed by atoms with Gasteiger partial charge in [-0.1, -0.05) is 51.8 Å². The monoisotopic (exact) mass is 363 g/mol. The molecular formula is C16H15BrClN3. The first-order valence-corrected chi connectivity index (χ1v) is 7.89. The van der Waals surface area contributed by atoms with Gasteiger partial charge in [0.1, 0.15) is 0 Å². The molecule has 0 spiro atoms. The van der Waals surface area contributed by atoms with Gasteiger partial charge in [0.05, 0.1) is 12.1 Å². The van der Waals surface area contributed by atoms with Crippen LogP contribution in [0.15, 0.2) is 58.0 Å². The predicted molar refractivity (Wildman–Crippen MR) is 90.5 cm³/mol. The fourth-order valence-corrected chi connectivity index (χ4v) is 2.92. The SMILES string of the molecule is NC1=NC(c2ccc(Br)cc2)CC(c2ccc(Cl)cc2)N1. The van der Waals surface area contributed by atoms with E-state index >= 15 is 0 Å². The van der Waals surface area contributed by atoms with Crippen LogP contribution in [-0.2, 0) is 0 Å². The summed E-state index contributed by atoms with van der Waals surface area (Å²) in [5.41, 5.74) is 8.29. The van der Waals surface area contributed by atoms with Crippen LogP contribution in [0, 0.1) is 0 Å². The van der Waals surface area contributed by atoms with Gasteiger partial charge in [-0.05, 0) is 41.8 Å². The van der Waals surface area contributed by atoms with Gasteiger partial charge in [0.2, 0.25) is 0 Å². The Morgan fingerprint density at radius 1 is 1.05 bits per heavy atom. The zero-order valence-corrected chi connectivity index (χ0v) is 13.6. The molecule has 1 aliphatic rings. The Bertz CT molecular complexity index is 652. The van der Waals surface area contributed by atoms with E-state index in [-0.39, 0.29) is 12.1 Å². The molecule has 0 fully saturated rings. The molecule has 21 heavy (non-hydrogen) atoms. The van der Waals surface area contributed by atoms with Crippen molar-refractivity contribution in [3.8, 4) is 0 Å². The van der Waals surface area contributed by atoms with Crippen LogP contribution in [0.25, 0.3) is 0 Å². The van der Waals surface area contributed by atoms with Crippen LogP contribution >= 0.6 is 27.5 Å². The van der Waals surface area contributed by atoms with E-state index in [2.05, 4.69) is 38.4 Å². The molecule has 2 unspecified atom stereocenters. The molecule has 2 aromatic rings. The molecule has 0 saturated carbocycles. The number of benzene rings is 2. The van der Waals surface area contributed by atoms with E-state index in [1.54, 1.807) is 0 Å². The van der Waals surface area contributed by atoms with Gasteiger partial charge < -0.3 is 11.1 Å². The normalized spacial score (nSPS) is 21.5. The fraction of sp³-hybridized carbons (Fsp3) is 0.188. The van der Waals surface area contributed by atoms with E-state index in [1.165, 1.54) is 11.1 Å². The smallest absolute Gasteiger partial charge is 0.189 e. The maximum absolute atomic E-state index is 5.95. The Balaban J connectivity index is 1.85. The lowest BCUT2D eigenvalue weighted by atomic mass is 9.94. The molecule has 0 aliphatic carbocycles. The molecule has 0 saturated heterocycles. The fourth-order valence-electron chi connectivity index (χ4n) is 2.53. The van der Waals surface area contributed by atoms with E-state index in [0.29, 0.717) is 5.96 Å². The van der Waals surface area contributed by atoms with E-state index < -0.39 is 0 Å². The number of rotatable bonds is 2. The van der Waals surface area contributed by atoms with Crippen molar-refractivity contribution in [2.24, 2.45) is 10.7 Å². The van der Waals surface area contributed by atoms with E-state index in [1.807, 2.05) is 36.4 Å². The Morgan fingerprint density at radius 2 is 1.67 bits per heavy atom. The third-order valence-electron chi connectivity index (χ3n) is 3.60. The lowest BCUT2D eigenvalue weighted by Gasteiger charge is -2.29. The molecule has 0 bridgehead atoms. The maximum atomic E-state index is 5.95. The maximum Gasteiger partial charge on any atom is 0.189 e. The molecule has 0 amide bonds. The van der Waals surface area contributed by atoms with E-state index in [9.17, 15) is 0 Å². The first-order valence-electron chi connectivity index (χ1n) is 6.72. The molecule has 2 atom stereocenters. The number of hydrogen-bond acceptors (Lipinski definition) is 3. The number of nitrogens with two attached hydrogens (primary N) is 1. The largest absolute Gasteiger partial charge is 0.370 e. The van der Waals surface area contributed by atoms with Gasteiger partial charge in [0.25, 0.3) is 0 Å². The minimum Gasteiger partial charge on any atom is -0.370 e. The summed E-state index contributed by atoms with van der Waals surface area (Å²) < 4.78 is 1.06. The number of nitrogens with zero attached hydrogens (tertiary/aromatic N) is 1. The second-order valence-corrected chi connectivity index (χ2v) is 6.42. The molecule has 1 aliphatic heterocycles. The Labute approximate surface area is 137 Å². The summed E-state index contributed by atoms with van der Waals surface area (Å²) in [6, 6.07) is 16.3. The average Bonchev–Trinajstić information content (AvgIpc) is 2.48. The molecule has 3 rings (SSSR count). The van der Waals surface area contributed by atoms with Crippen LogP contribution in [0.5, 0.6) is 0 Å². The topological polar surface area (TPSA) is 50.4 Å². The Kier molecular flexibility index (Phi) is 4.17. The number of nitrogens with one attached hydrogen (secondary N) is 1. The third kappa shape index (κ3) is 3.39. The van der Waals surface area contributed by atoms with Crippen LogP contribution in [0.1, 0.15) is 29.6 Å². The summed E-state index contributed by atoms with van der Waals surface area (Å²) in [6.07, 6.45) is 0.865. The minimum absolute atomic E-state index is 0.0695. The zero-order chi connectivity index (χ0) is 14.8. The van der Waals surface area contributed by atoms with Crippen molar-refractivity contribution < 1.29 is 0 Å². The van der Waals surface area contributed by atoms with Crippen LogP contribution in [-0.4, -0.2) is 5.96 Å². The highest BCUT2D eigenvalue weighted by atomic mass is 79.9. The summed E-state index contributed by atoms with van der Waals surface area (Å²) in [4.78, 5) is 4.52. The van der Waals surface area contributed by atoms with Gasteiger partial charge in [-0.2, -0.15) is 0 Å². The molecule has 3 N–H and O–H groups in total. The second-order valence-electron chi connectivity index (χ2n) is 5.07. The lowest BCUT2D eigenvalue weighted by molar-refractivity contribution is 0.487. The zero-order valence-electron chi connectivity index (χ0n) is 11.3. The average molecular weight is 365 g/mol. The summed E-state index contributed by atoms with van der Waals surface area (Å²) in [6.45, 7) is 0. The highest BCUT2D eigenvalue weighted by Crippen LogP contribution is 2.33. The van der Waals surface area contributed by atoms with Crippen molar-refractivity contribution in [2.75, 3.05) is 0 Å². The molecule has 0 aromatic heterocycles. The van der Waals surface area contributed by atoms with Gasteiger partial charge >= 0.3 is 0 Å². The molecular weight excluding hydrogens is 350 g/mol. The lowest BCUT2D eigenvalue weighted by Crippen LogP contribution is -2.39. The minimum atomic E-state index is 0.0695. The Hall–Kier alpha value is -1.52. The van der Waals surface area contributed by atoms with Crippen molar-refractivity contribution in [3.05, 3.63) is 69.2 Å². The molecule has 5 heteroatoms. The van der Waals surface area contributed by atoms with Crippen molar-refractivity contribution in [1.29, 1.82) is 0 Å². The molecule has 0 radical (unpaired) electrons. The highest BCUT2D eigenvalue weighted by molar-refractivity contribution is 9.10. The van der Waals surface area contributed by atoms with Crippen molar-refractivity contribution >= 4 is 33.5 Å². The van der Waals surface area contributed by atoms with E-state index in [4.69, 9.17) is 17.3 Å². The first-order chi connectivity index (χ1) is 10.1. The summed E-state index contributed by atoms with van der Waals surface area (Å²) in [7, 11) is 0. The summed E-state index contributed by atoms with van der Waals surface area (Å²) in [5.74, 6) is 0.481. The van der Waals surface area contributed by atoms with Crippen molar-refractivity contribution in [2.45, 2.75) is 18.5 Å². The summed E-state index contributed by atoms with van der Waals surface area (Å²) >= 11 is 9.40. The quantitative estimate of drug-likeness (QED) is 0.839. The van der Waals surface area contributed by atoms with Crippen LogP contribution in [0.2, 0.25) is 5.02 Å². The van der Waals surface area contributed by atoms with E-state index in [0.717, 1.165) is 15.9 Å². The number of guanidine groups is 1. The van der Waals surface area contributed by atoms with Crippen LogP contribution in [0.4, 0.5) is 0 Å². The molecule has 1 heterocycles.